The van der Waals surface area contributed by atoms with Gasteiger partial charge in [0.15, 0.2) is 5.82 Å². The van der Waals surface area contributed by atoms with Crippen molar-refractivity contribution in [3.8, 4) is 11.6 Å². The predicted molar refractivity (Wildman–Crippen MR) is 70.4 cm³/mol. The first kappa shape index (κ1) is 12.0. The Hall–Kier alpha value is -2.43. The Morgan fingerprint density at radius 3 is 2.39 bits per heavy atom. The maximum absolute atomic E-state index is 5.59. The van der Waals surface area contributed by atoms with Crippen molar-refractivity contribution in [1.29, 1.82) is 0 Å². The molecule has 1 aromatic heterocycles. The summed E-state index contributed by atoms with van der Waals surface area (Å²) in [4.78, 5) is 4.03. The minimum atomic E-state index is 0.280. The molecule has 1 heterocycles. The number of nitrogens with two attached hydrogens (primary N) is 2. The lowest BCUT2D eigenvalue weighted by Gasteiger charge is -2.07. The second-order valence-corrected chi connectivity index (χ2v) is 3.76. The average Bonchev–Trinajstić information content (AvgIpc) is 2.41. The number of methoxy groups -OCH3 is 1. The Kier molecular flexibility index (Phi) is 3.52. The summed E-state index contributed by atoms with van der Waals surface area (Å²) < 4.78 is 10.6. The van der Waals surface area contributed by atoms with Crippen LogP contribution in [0, 0.1) is 0 Å². The fourth-order valence-electron chi connectivity index (χ4n) is 1.43. The molecule has 0 amide bonds. The van der Waals surface area contributed by atoms with Gasteiger partial charge in [0, 0.05) is 6.07 Å². The van der Waals surface area contributed by atoms with Gasteiger partial charge < -0.3 is 20.9 Å². The molecule has 0 aliphatic carbocycles. The molecule has 0 atom stereocenters. The number of nitrogen functional groups attached to an aromatic ring is 2. The Morgan fingerprint density at radius 1 is 1.06 bits per heavy atom. The molecule has 1 aromatic carbocycles. The highest BCUT2D eigenvalue weighted by Gasteiger charge is 2.01. The van der Waals surface area contributed by atoms with Crippen LogP contribution < -0.4 is 20.9 Å². The van der Waals surface area contributed by atoms with Gasteiger partial charge in [0.1, 0.15) is 12.4 Å². The lowest BCUT2D eigenvalue weighted by Crippen LogP contribution is -2.01. The van der Waals surface area contributed by atoms with Crippen LogP contribution in [0.15, 0.2) is 36.4 Å². The van der Waals surface area contributed by atoms with Crippen molar-refractivity contribution in [2.24, 2.45) is 0 Å². The monoisotopic (exact) mass is 245 g/mol. The Labute approximate surface area is 105 Å². The zero-order chi connectivity index (χ0) is 13.0. The van der Waals surface area contributed by atoms with E-state index in [2.05, 4.69) is 4.98 Å². The van der Waals surface area contributed by atoms with E-state index >= 15 is 0 Å². The molecule has 0 saturated heterocycles. The van der Waals surface area contributed by atoms with Crippen LogP contribution >= 0.6 is 0 Å². The average molecular weight is 245 g/mol. The number of ether oxygens (including phenoxy) is 2. The Bertz CT molecular complexity index is 526. The number of pyridine rings is 1. The quantitative estimate of drug-likeness (QED) is 0.858. The standard InChI is InChI=1S/C13H15N3O2/c1-17-10-4-2-9(3-5-10)8-18-12-7-6-11(14)13(15)16-12/h2-7H,8,14H2,1H3,(H2,15,16). The number of hydrogen-bond acceptors (Lipinski definition) is 5. The molecular weight excluding hydrogens is 230 g/mol. The molecule has 94 valence electrons. The molecule has 0 radical (unpaired) electrons. The third-order valence-corrected chi connectivity index (χ3v) is 2.48. The molecule has 18 heavy (non-hydrogen) atoms. The second kappa shape index (κ2) is 5.27. The fraction of sp³-hybridized carbons (Fsp3) is 0.154. The second-order valence-electron chi connectivity index (χ2n) is 3.76. The van der Waals surface area contributed by atoms with Crippen molar-refractivity contribution in [2.45, 2.75) is 6.61 Å². The third kappa shape index (κ3) is 2.82. The van der Waals surface area contributed by atoms with Gasteiger partial charge >= 0.3 is 0 Å². The van der Waals surface area contributed by atoms with Crippen LogP contribution in [0.5, 0.6) is 11.6 Å². The van der Waals surface area contributed by atoms with E-state index in [-0.39, 0.29) is 5.82 Å². The van der Waals surface area contributed by atoms with Gasteiger partial charge in [0.25, 0.3) is 0 Å². The largest absolute Gasteiger partial charge is 0.497 e. The molecule has 0 aliphatic heterocycles. The number of benzene rings is 1. The predicted octanol–water partition coefficient (Wildman–Crippen LogP) is 1.83. The summed E-state index contributed by atoms with van der Waals surface area (Å²) in [6.07, 6.45) is 0. The van der Waals surface area contributed by atoms with Gasteiger partial charge in [-0.2, -0.15) is 4.98 Å². The van der Waals surface area contributed by atoms with Gasteiger partial charge in [0.2, 0.25) is 5.88 Å². The summed E-state index contributed by atoms with van der Waals surface area (Å²) in [5.74, 6) is 1.55. The molecule has 2 aromatic rings. The first-order valence-corrected chi connectivity index (χ1v) is 5.47. The molecule has 0 spiro atoms. The van der Waals surface area contributed by atoms with Crippen molar-refractivity contribution in [3.05, 3.63) is 42.0 Å². The number of anilines is 2. The zero-order valence-corrected chi connectivity index (χ0v) is 10.1. The molecule has 0 unspecified atom stereocenters. The van der Waals surface area contributed by atoms with Crippen molar-refractivity contribution in [1.82, 2.24) is 4.98 Å². The summed E-state index contributed by atoms with van der Waals surface area (Å²) in [5.41, 5.74) is 12.6. The first-order valence-electron chi connectivity index (χ1n) is 5.47. The summed E-state index contributed by atoms with van der Waals surface area (Å²) >= 11 is 0. The first-order chi connectivity index (χ1) is 8.69. The number of rotatable bonds is 4. The third-order valence-electron chi connectivity index (χ3n) is 2.48. The van der Waals surface area contributed by atoms with Crippen molar-refractivity contribution in [2.75, 3.05) is 18.6 Å². The van der Waals surface area contributed by atoms with Gasteiger partial charge in [-0.05, 0) is 23.8 Å². The lowest BCUT2D eigenvalue weighted by molar-refractivity contribution is 0.294. The highest BCUT2D eigenvalue weighted by molar-refractivity contribution is 5.58. The van der Waals surface area contributed by atoms with Gasteiger partial charge in [-0.15, -0.1) is 0 Å². The van der Waals surface area contributed by atoms with E-state index in [0.717, 1.165) is 11.3 Å². The highest BCUT2D eigenvalue weighted by atomic mass is 16.5. The summed E-state index contributed by atoms with van der Waals surface area (Å²) in [7, 11) is 1.63. The number of aromatic nitrogens is 1. The Balaban J connectivity index is 1.99. The molecule has 2 rings (SSSR count). The maximum Gasteiger partial charge on any atom is 0.215 e. The number of hydrogen-bond donors (Lipinski definition) is 2. The number of nitrogens with zero attached hydrogens (tertiary/aromatic N) is 1. The minimum Gasteiger partial charge on any atom is -0.497 e. The van der Waals surface area contributed by atoms with E-state index in [1.165, 1.54) is 0 Å². The van der Waals surface area contributed by atoms with Gasteiger partial charge in [0.05, 0.1) is 12.8 Å². The van der Waals surface area contributed by atoms with Crippen molar-refractivity contribution >= 4 is 11.5 Å². The van der Waals surface area contributed by atoms with E-state index in [1.54, 1.807) is 19.2 Å². The van der Waals surface area contributed by atoms with Crippen LogP contribution in [-0.2, 0) is 6.61 Å². The van der Waals surface area contributed by atoms with Crippen LogP contribution in [0.25, 0.3) is 0 Å². The fourth-order valence-corrected chi connectivity index (χ4v) is 1.43. The topological polar surface area (TPSA) is 83.4 Å². The summed E-state index contributed by atoms with van der Waals surface area (Å²) in [6.45, 7) is 0.417. The molecule has 0 fully saturated rings. The maximum atomic E-state index is 5.59. The van der Waals surface area contributed by atoms with E-state index in [0.29, 0.717) is 18.2 Å². The minimum absolute atomic E-state index is 0.280. The van der Waals surface area contributed by atoms with E-state index in [4.69, 9.17) is 20.9 Å². The van der Waals surface area contributed by atoms with Crippen LogP contribution in [0.4, 0.5) is 11.5 Å². The summed E-state index contributed by atoms with van der Waals surface area (Å²) in [5, 5.41) is 0. The van der Waals surface area contributed by atoms with Crippen LogP contribution in [0.3, 0.4) is 0 Å². The smallest absolute Gasteiger partial charge is 0.215 e. The molecular formula is C13H15N3O2. The molecule has 0 bridgehead atoms. The van der Waals surface area contributed by atoms with Gasteiger partial charge in [-0.1, -0.05) is 12.1 Å². The highest BCUT2D eigenvalue weighted by Crippen LogP contribution is 2.18. The SMILES string of the molecule is COc1ccc(COc2ccc(N)c(N)n2)cc1. The normalized spacial score (nSPS) is 10.1. The van der Waals surface area contributed by atoms with Crippen LogP contribution in [0.1, 0.15) is 5.56 Å². The van der Waals surface area contributed by atoms with E-state index in [9.17, 15) is 0 Å². The van der Waals surface area contributed by atoms with E-state index < -0.39 is 0 Å². The van der Waals surface area contributed by atoms with E-state index in [1.807, 2.05) is 24.3 Å². The van der Waals surface area contributed by atoms with Gasteiger partial charge in [-0.3, -0.25) is 0 Å². The molecule has 5 heteroatoms. The van der Waals surface area contributed by atoms with Crippen molar-refractivity contribution < 1.29 is 9.47 Å². The summed E-state index contributed by atoms with van der Waals surface area (Å²) in [6, 6.07) is 11.0. The molecule has 0 aliphatic rings. The molecule has 0 saturated carbocycles. The zero-order valence-electron chi connectivity index (χ0n) is 10.1. The molecule has 5 nitrogen and oxygen atoms in total. The van der Waals surface area contributed by atoms with Crippen molar-refractivity contribution in [3.63, 3.8) is 0 Å². The van der Waals surface area contributed by atoms with Crippen LogP contribution in [0.2, 0.25) is 0 Å². The van der Waals surface area contributed by atoms with Crippen LogP contribution in [-0.4, -0.2) is 12.1 Å². The lowest BCUT2D eigenvalue weighted by atomic mass is 10.2. The Morgan fingerprint density at radius 2 is 1.78 bits per heavy atom. The molecule has 4 N–H and O–H groups in total. The van der Waals surface area contributed by atoms with Gasteiger partial charge in [-0.25, -0.2) is 0 Å².